The zero-order valence-corrected chi connectivity index (χ0v) is 14.1. The Hall–Kier alpha value is -2.65. The molecule has 0 bridgehead atoms. The highest BCUT2D eigenvalue weighted by Crippen LogP contribution is 2.40. The molecule has 2 N–H and O–H groups in total. The lowest BCUT2D eigenvalue weighted by Crippen LogP contribution is -2.21. The zero-order valence-electron chi connectivity index (χ0n) is 14.1. The number of rotatable bonds is 7. The summed E-state index contributed by atoms with van der Waals surface area (Å²) in [5.74, 6) is 1.90. The van der Waals surface area contributed by atoms with E-state index in [1.807, 2.05) is 38.4 Å². The lowest BCUT2D eigenvalue weighted by Gasteiger charge is -2.13. The third-order valence-corrected chi connectivity index (χ3v) is 3.89. The van der Waals surface area contributed by atoms with Crippen LogP contribution in [0, 0.1) is 11.3 Å². The second kappa shape index (κ2) is 7.28. The third-order valence-electron chi connectivity index (χ3n) is 3.89. The van der Waals surface area contributed by atoms with Crippen molar-refractivity contribution in [2.45, 2.75) is 18.8 Å². The molecule has 1 fully saturated rings. The number of nitrogens with zero attached hydrogens (tertiary/aromatic N) is 4. The fraction of sp³-hybridized carbons (Fsp3) is 0.389. The van der Waals surface area contributed by atoms with Gasteiger partial charge < -0.3 is 15.5 Å². The molecule has 1 aromatic heterocycles. The third kappa shape index (κ3) is 4.21. The Morgan fingerprint density at radius 1 is 1.25 bits per heavy atom. The van der Waals surface area contributed by atoms with Gasteiger partial charge >= 0.3 is 0 Å². The lowest BCUT2D eigenvalue weighted by atomic mass is 10.2. The minimum atomic E-state index is 0.536. The van der Waals surface area contributed by atoms with E-state index in [2.05, 4.69) is 31.6 Å². The van der Waals surface area contributed by atoms with Crippen LogP contribution < -0.4 is 10.6 Å². The summed E-state index contributed by atoms with van der Waals surface area (Å²) < 4.78 is 0. The Labute approximate surface area is 142 Å². The Morgan fingerprint density at radius 3 is 2.75 bits per heavy atom. The normalized spacial score (nSPS) is 13.6. The van der Waals surface area contributed by atoms with Gasteiger partial charge in [-0.25, -0.2) is 4.98 Å². The number of benzene rings is 1. The Bertz CT molecular complexity index is 745. The molecule has 0 saturated heterocycles. The average Bonchev–Trinajstić information content (AvgIpc) is 3.40. The lowest BCUT2D eigenvalue weighted by molar-refractivity contribution is 0.425. The summed E-state index contributed by atoms with van der Waals surface area (Å²) in [7, 11) is 4.07. The van der Waals surface area contributed by atoms with Gasteiger partial charge in [-0.1, -0.05) is 12.1 Å². The maximum atomic E-state index is 9.23. The minimum Gasteiger partial charge on any atom is -0.353 e. The quantitative estimate of drug-likeness (QED) is 0.816. The first kappa shape index (κ1) is 16.2. The molecule has 6 nitrogen and oxygen atoms in total. The van der Waals surface area contributed by atoms with Crippen LogP contribution in [-0.2, 0) is 0 Å². The molecule has 3 rings (SSSR count). The molecule has 0 amide bonds. The van der Waals surface area contributed by atoms with Crippen LogP contribution in [0.4, 0.5) is 17.5 Å². The largest absolute Gasteiger partial charge is 0.353 e. The number of nitrogens with one attached hydrogen (secondary N) is 2. The molecular weight excluding hydrogens is 300 g/mol. The standard InChI is InChI=1S/C18H22N6/c1-24(2)10-9-20-18-22-16(13-7-8-13)11-17(23-18)21-15-6-4-3-5-14(15)12-19/h3-6,11,13H,7-10H2,1-2H3,(H2,20,21,22,23). The molecule has 0 unspecified atom stereocenters. The maximum Gasteiger partial charge on any atom is 0.224 e. The van der Waals surface area contributed by atoms with E-state index in [0.29, 0.717) is 17.4 Å². The van der Waals surface area contributed by atoms with Gasteiger partial charge in [0, 0.05) is 25.1 Å². The highest BCUT2D eigenvalue weighted by molar-refractivity contribution is 5.65. The second-order valence-corrected chi connectivity index (χ2v) is 6.29. The van der Waals surface area contributed by atoms with Gasteiger partial charge in [0.05, 0.1) is 16.9 Å². The predicted octanol–water partition coefficient (Wildman–Crippen LogP) is 2.94. The van der Waals surface area contributed by atoms with Crippen LogP contribution in [0.25, 0.3) is 0 Å². The van der Waals surface area contributed by atoms with Crippen LogP contribution in [0.5, 0.6) is 0 Å². The highest BCUT2D eigenvalue weighted by Gasteiger charge is 2.26. The number of hydrogen-bond donors (Lipinski definition) is 2. The number of nitriles is 1. The van der Waals surface area contributed by atoms with Crippen molar-refractivity contribution in [2.24, 2.45) is 0 Å². The zero-order chi connectivity index (χ0) is 16.9. The average molecular weight is 322 g/mol. The van der Waals surface area contributed by atoms with Gasteiger partial charge in [0.25, 0.3) is 0 Å². The number of hydrogen-bond acceptors (Lipinski definition) is 6. The van der Waals surface area contributed by atoms with E-state index >= 15 is 0 Å². The van der Waals surface area contributed by atoms with Crippen molar-refractivity contribution >= 4 is 17.5 Å². The van der Waals surface area contributed by atoms with E-state index in [1.54, 1.807) is 6.07 Å². The van der Waals surface area contributed by atoms with Crippen molar-refractivity contribution in [3.05, 3.63) is 41.6 Å². The number of anilines is 3. The van der Waals surface area contributed by atoms with Gasteiger partial charge in [0.15, 0.2) is 0 Å². The molecule has 124 valence electrons. The van der Waals surface area contributed by atoms with E-state index in [-0.39, 0.29) is 0 Å². The van der Waals surface area contributed by atoms with Crippen LogP contribution in [0.3, 0.4) is 0 Å². The summed E-state index contributed by atoms with van der Waals surface area (Å²) in [6, 6.07) is 11.6. The molecule has 6 heteroatoms. The van der Waals surface area contributed by atoms with Gasteiger partial charge in [-0.15, -0.1) is 0 Å². The minimum absolute atomic E-state index is 0.536. The van der Waals surface area contributed by atoms with Crippen molar-refractivity contribution in [1.82, 2.24) is 14.9 Å². The van der Waals surface area contributed by atoms with Crippen LogP contribution in [0.2, 0.25) is 0 Å². The Kier molecular flexibility index (Phi) is 4.92. The van der Waals surface area contributed by atoms with Crippen LogP contribution in [0.1, 0.15) is 30.0 Å². The Morgan fingerprint density at radius 2 is 2.04 bits per heavy atom. The summed E-state index contributed by atoms with van der Waals surface area (Å²) in [5, 5.41) is 15.8. The topological polar surface area (TPSA) is 76.9 Å². The van der Waals surface area contributed by atoms with Crippen molar-refractivity contribution in [3.63, 3.8) is 0 Å². The number of para-hydroxylation sites is 1. The summed E-state index contributed by atoms with van der Waals surface area (Å²) in [4.78, 5) is 11.3. The van der Waals surface area contributed by atoms with Gasteiger partial charge in [0.1, 0.15) is 11.9 Å². The van der Waals surface area contributed by atoms with E-state index < -0.39 is 0 Å². The number of aromatic nitrogens is 2. The molecule has 1 aliphatic carbocycles. The smallest absolute Gasteiger partial charge is 0.224 e. The Balaban J connectivity index is 1.81. The van der Waals surface area contributed by atoms with Gasteiger partial charge in [0.2, 0.25) is 5.95 Å². The molecule has 2 aromatic rings. The summed E-state index contributed by atoms with van der Waals surface area (Å²) in [6.45, 7) is 1.70. The molecule has 24 heavy (non-hydrogen) atoms. The number of likely N-dealkylation sites (N-methyl/N-ethyl adjacent to an activating group) is 1. The first-order valence-electron chi connectivity index (χ1n) is 8.19. The van der Waals surface area contributed by atoms with Crippen LogP contribution in [0.15, 0.2) is 30.3 Å². The predicted molar refractivity (Wildman–Crippen MR) is 95.5 cm³/mol. The monoisotopic (exact) mass is 322 g/mol. The second-order valence-electron chi connectivity index (χ2n) is 6.29. The van der Waals surface area contributed by atoms with Crippen molar-refractivity contribution < 1.29 is 0 Å². The maximum absolute atomic E-state index is 9.23. The first-order valence-corrected chi connectivity index (χ1v) is 8.19. The fourth-order valence-electron chi connectivity index (χ4n) is 2.42. The van der Waals surface area contributed by atoms with Gasteiger partial charge in [-0.05, 0) is 39.1 Å². The van der Waals surface area contributed by atoms with E-state index in [9.17, 15) is 5.26 Å². The van der Waals surface area contributed by atoms with E-state index in [4.69, 9.17) is 0 Å². The molecular formula is C18H22N6. The summed E-state index contributed by atoms with van der Waals surface area (Å²) in [6.07, 6.45) is 2.37. The fourth-order valence-corrected chi connectivity index (χ4v) is 2.42. The molecule has 0 aliphatic heterocycles. The molecule has 1 saturated carbocycles. The van der Waals surface area contributed by atoms with Crippen LogP contribution in [-0.4, -0.2) is 42.1 Å². The van der Waals surface area contributed by atoms with Gasteiger partial charge in [-0.2, -0.15) is 10.2 Å². The van der Waals surface area contributed by atoms with Crippen molar-refractivity contribution in [3.8, 4) is 6.07 Å². The van der Waals surface area contributed by atoms with E-state index in [1.165, 1.54) is 12.8 Å². The van der Waals surface area contributed by atoms with E-state index in [0.717, 1.165) is 30.3 Å². The molecule has 1 heterocycles. The van der Waals surface area contributed by atoms with Gasteiger partial charge in [-0.3, -0.25) is 0 Å². The summed E-state index contributed by atoms with van der Waals surface area (Å²) >= 11 is 0. The van der Waals surface area contributed by atoms with Crippen LogP contribution >= 0.6 is 0 Å². The molecule has 0 spiro atoms. The van der Waals surface area contributed by atoms with Crippen molar-refractivity contribution in [1.29, 1.82) is 5.26 Å². The SMILES string of the molecule is CN(C)CCNc1nc(Nc2ccccc2C#N)cc(C2CC2)n1. The molecule has 1 aromatic carbocycles. The molecule has 0 radical (unpaired) electrons. The highest BCUT2D eigenvalue weighted by atomic mass is 15.2. The molecule has 1 aliphatic rings. The molecule has 0 atom stereocenters. The van der Waals surface area contributed by atoms with Crippen molar-refractivity contribution in [2.75, 3.05) is 37.8 Å². The summed E-state index contributed by atoms with van der Waals surface area (Å²) in [5.41, 5.74) is 2.43. The first-order chi connectivity index (χ1) is 11.7.